The number of hydrogen-bond donors (Lipinski definition) is 1. The van der Waals surface area contributed by atoms with Crippen LogP contribution >= 0.6 is 0 Å². The summed E-state index contributed by atoms with van der Waals surface area (Å²) in [5.74, 6) is 0. The van der Waals surface area contributed by atoms with E-state index in [9.17, 15) is 0 Å². The normalized spacial score (nSPS) is 17.8. The van der Waals surface area contributed by atoms with Crippen molar-refractivity contribution in [2.75, 3.05) is 39.3 Å². The van der Waals surface area contributed by atoms with Gasteiger partial charge in [-0.2, -0.15) is 0 Å². The van der Waals surface area contributed by atoms with Crippen LogP contribution in [0.15, 0.2) is 0 Å². The van der Waals surface area contributed by atoms with Gasteiger partial charge < -0.3 is 15.0 Å². The lowest BCUT2D eigenvalue weighted by Gasteiger charge is -2.24. The molecule has 0 unspecified atom stereocenters. The smallest absolute Gasteiger partial charge is 0.0599 e. The molecular weight excluding hydrogens is 212 g/mol. The van der Waals surface area contributed by atoms with E-state index in [-0.39, 0.29) is 0 Å². The van der Waals surface area contributed by atoms with Crippen molar-refractivity contribution in [1.82, 2.24) is 10.2 Å². The summed E-state index contributed by atoms with van der Waals surface area (Å²) in [7, 11) is 0. The summed E-state index contributed by atoms with van der Waals surface area (Å²) in [6.45, 7) is 11.3. The Morgan fingerprint density at radius 3 is 2.47 bits per heavy atom. The molecule has 0 aromatic carbocycles. The number of nitrogens with one attached hydrogen (secondary N) is 1. The van der Waals surface area contributed by atoms with Gasteiger partial charge in [-0.25, -0.2) is 0 Å². The Kier molecular flexibility index (Phi) is 8.67. The lowest BCUT2D eigenvalue weighted by molar-refractivity contribution is 0.0279. The highest BCUT2D eigenvalue weighted by atomic mass is 16.5. The molecule has 0 saturated carbocycles. The molecule has 17 heavy (non-hydrogen) atoms. The van der Waals surface area contributed by atoms with Crippen LogP contribution in [0.25, 0.3) is 0 Å². The van der Waals surface area contributed by atoms with Crippen LogP contribution < -0.4 is 5.32 Å². The van der Waals surface area contributed by atoms with Crippen molar-refractivity contribution in [1.29, 1.82) is 0 Å². The minimum absolute atomic E-state index is 0.516. The van der Waals surface area contributed by atoms with Crippen LogP contribution in [0.4, 0.5) is 0 Å². The fourth-order valence-electron chi connectivity index (χ4n) is 2.31. The van der Waals surface area contributed by atoms with Gasteiger partial charge in [-0.05, 0) is 51.9 Å². The molecule has 1 fully saturated rings. The highest BCUT2D eigenvalue weighted by Gasteiger charge is 2.12. The number of ether oxygens (including phenoxy) is 1. The van der Waals surface area contributed by atoms with Crippen LogP contribution in [0.3, 0.4) is 0 Å². The Bertz CT molecular complexity index is 170. The van der Waals surface area contributed by atoms with E-state index >= 15 is 0 Å². The van der Waals surface area contributed by atoms with Crippen molar-refractivity contribution >= 4 is 0 Å². The average molecular weight is 242 g/mol. The summed E-state index contributed by atoms with van der Waals surface area (Å²) < 4.78 is 5.92. The van der Waals surface area contributed by atoms with E-state index in [1.165, 1.54) is 51.7 Å². The Morgan fingerprint density at radius 2 is 1.82 bits per heavy atom. The minimum Gasteiger partial charge on any atom is -0.378 e. The van der Waals surface area contributed by atoms with E-state index in [0.29, 0.717) is 6.10 Å². The van der Waals surface area contributed by atoms with Crippen LogP contribution in [-0.2, 0) is 4.74 Å². The Hall–Kier alpha value is -0.120. The van der Waals surface area contributed by atoms with Crippen molar-refractivity contribution in [3.05, 3.63) is 0 Å². The minimum atomic E-state index is 0.516. The molecule has 3 heteroatoms. The van der Waals surface area contributed by atoms with E-state index in [4.69, 9.17) is 4.74 Å². The molecule has 1 aliphatic rings. The molecule has 102 valence electrons. The molecule has 1 heterocycles. The first-order valence-electron chi connectivity index (χ1n) is 7.41. The van der Waals surface area contributed by atoms with E-state index in [0.717, 1.165) is 19.7 Å². The third kappa shape index (κ3) is 7.02. The predicted octanol–water partition coefficient (Wildman–Crippen LogP) is 2.27. The third-order valence-electron chi connectivity index (χ3n) is 3.53. The molecule has 3 nitrogen and oxygen atoms in total. The zero-order valence-corrected chi connectivity index (χ0v) is 11.7. The summed E-state index contributed by atoms with van der Waals surface area (Å²) in [5, 5.41) is 3.37. The predicted molar refractivity (Wildman–Crippen MR) is 73.5 cm³/mol. The molecule has 0 bridgehead atoms. The van der Waals surface area contributed by atoms with Gasteiger partial charge in [0.05, 0.1) is 6.10 Å². The summed E-state index contributed by atoms with van der Waals surface area (Å²) in [5.41, 5.74) is 0. The maximum atomic E-state index is 5.92. The Morgan fingerprint density at radius 1 is 1.12 bits per heavy atom. The van der Waals surface area contributed by atoms with Gasteiger partial charge in [0.25, 0.3) is 0 Å². The van der Waals surface area contributed by atoms with Gasteiger partial charge in [-0.1, -0.05) is 20.3 Å². The number of unbranched alkanes of at least 4 members (excludes halogenated alkanes) is 1. The van der Waals surface area contributed by atoms with Gasteiger partial charge in [0.2, 0.25) is 0 Å². The van der Waals surface area contributed by atoms with Crippen molar-refractivity contribution < 1.29 is 4.74 Å². The van der Waals surface area contributed by atoms with Crippen LogP contribution in [0.5, 0.6) is 0 Å². The SMILES string of the molecule is CCCCN(CC)CCCOC1CCNCC1. The second-order valence-corrected chi connectivity index (χ2v) is 4.96. The van der Waals surface area contributed by atoms with Crippen LogP contribution in [0.1, 0.15) is 46.0 Å². The maximum Gasteiger partial charge on any atom is 0.0599 e. The maximum absolute atomic E-state index is 5.92. The Labute approximate surface area is 107 Å². The van der Waals surface area contributed by atoms with Gasteiger partial charge >= 0.3 is 0 Å². The largest absolute Gasteiger partial charge is 0.378 e. The lowest BCUT2D eigenvalue weighted by atomic mass is 10.1. The lowest BCUT2D eigenvalue weighted by Crippen LogP contribution is -2.33. The summed E-state index contributed by atoms with van der Waals surface area (Å²) in [4.78, 5) is 2.54. The van der Waals surface area contributed by atoms with Gasteiger partial charge in [0, 0.05) is 13.2 Å². The van der Waals surface area contributed by atoms with E-state index in [1.54, 1.807) is 0 Å². The average Bonchev–Trinajstić information content (AvgIpc) is 2.39. The monoisotopic (exact) mass is 242 g/mol. The number of piperidine rings is 1. The molecule has 1 aliphatic heterocycles. The van der Waals surface area contributed by atoms with Crippen LogP contribution in [-0.4, -0.2) is 50.3 Å². The van der Waals surface area contributed by atoms with E-state index < -0.39 is 0 Å². The van der Waals surface area contributed by atoms with Gasteiger partial charge in [0.15, 0.2) is 0 Å². The van der Waals surface area contributed by atoms with Crippen LogP contribution in [0, 0.1) is 0 Å². The summed E-state index contributed by atoms with van der Waals surface area (Å²) >= 11 is 0. The Balaban J connectivity index is 1.97. The zero-order chi connectivity index (χ0) is 12.3. The molecule has 0 spiro atoms. The van der Waals surface area contributed by atoms with Gasteiger partial charge in [-0.15, -0.1) is 0 Å². The molecule has 0 atom stereocenters. The molecule has 0 aromatic rings. The molecule has 1 rings (SSSR count). The summed E-state index contributed by atoms with van der Waals surface area (Å²) in [6.07, 6.45) is 6.69. The van der Waals surface area contributed by atoms with E-state index in [1.807, 2.05) is 0 Å². The van der Waals surface area contributed by atoms with Gasteiger partial charge in [0.1, 0.15) is 0 Å². The first kappa shape index (κ1) is 14.9. The second-order valence-electron chi connectivity index (χ2n) is 4.96. The number of nitrogens with zero attached hydrogens (tertiary/aromatic N) is 1. The highest BCUT2D eigenvalue weighted by molar-refractivity contribution is 4.68. The number of rotatable bonds is 9. The van der Waals surface area contributed by atoms with Crippen molar-refractivity contribution in [3.8, 4) is 0 Å². The van der Waals surface area contributed by atoms with Crippen molar-refractivity contribution in [3.63, 3.8) is 0 Å². The molecule has 0 amide bonds. The molecular formula is C14H30N2O. The molecule has 0 aromatic heterocycles. The standard InChI is InChI=1S/C14H30N2O/c1-3-5-11-16(4-2)12-6-13-17-14-7-9-15-10-8-14/h14-15H,3-13H2,1-2H3. The van der Waals surface area contributed by atoms with Crippen molar-refractivity contribution in [2.24, 2.45) is 0 Å². The topological polar surface area (TPSA) is 24.5 Å². The first-order chi connectivity index (χ1) is 8.36. The molecule has 1 saturated heterocycles. The zero-order valence-electron chi connectivity index (χ0n) is 11.7. The number of hydrogen-bond acceptors (Lipinski definition) is 3. The quantitative estimate of drug-likeness (QED) is 0.628. The van der Waals surface area contributed by atoms with Gasteiger partial charge in [-0.3, -0.25) is 0 Å². The van der Waals surface area contributed by atoms with E-state index in [2.05, 4.69) is 24.1 Å². The second kappa shape index (κ2) is 9.86. The molecule has 0 aliphatic carbocycles. The molecule has 0 radical (unpaired) electrons. The fourth-order valence-corrected chi connectivity index (χ4v) is 2.31. The van der Waals surface area contributed by atoms with Crippen molar-refractivity contribution in [2.45, 2.75) is 52.1 Å². The summed E-state index contributed by atoms with van der Waals surface area (Å²) in [6, 6.07) is 0. The first-order valence-corrected chi connectivity index (χ1v) is 7.41. The highest BCUT2D eigenvalue weighted by Crippen LogP contribution is 2.07. The fraction of sp³-hybridized carbons (Fsp3) is 1.00. The van der Waals surface area contributed by atoms with Crippen LogP contribution in [0.2, 0.25) is 0 Å². The third-order valence-corrected chi connectivity index (χ3v) is 3.53. The molecule has 1 N–H and O–H groups in total.